The second-order valence-electron chi connectivity index (χ2n) is 5.55. The highest BCUT2D eigenvalue weighted by atomic mass is 32.2. The van der Waals surface area contributed by atoms with Crippen LogP contribution in [-0.4, -0.2) is 28.5 Å². The Morgan fingerprint density at radius 2 is 2.25 bits per heavy atom. The topological polar surface area (TPSA) is 51.0 Å². The average Bonchev–Trinajstić information content (AvgIpc) is 2.94. The van der Waals surface area contributed by atoms with E-state index in [4.69, 9.17) is 4.52 Å². The Balaban J connectivity index is 1.89. The van der Waals surface area contributed by atoms with Gasteiger partial charge in [0, 0.05) is 12.5 Å². The molecule has 1 fully saturated rings. The minimum absolute atomic E-state index is 0.453. The van der Waals surface area contributed by atoms with Crippen molar-refractivity contribution < 1.29 is 4.52 Å². The molecule has 20 heavy (non-hydrogen) atoms. The van der Waals surface area contributed by atoms with Crippen LogP contribution in [0.5, 0.6) is 0 Å². The molecule has 114 valence electrons. The summed E-state index contributed by atoms with van der Waals surface area (Å²) in [6, 6.07) is 0.465. The highest BCUT2D eigenvalue weighted by Gasteiger charge is 2.22. The maximum atomic E-state index is 5.46. The molecule has 5 heteroatoms. The van der Waals surface area contributed by atoms with E-state index in [9.17, 15) is 0 Å². The Kier molecular flexibility index (Phi) is 6.87. The number of hydrogen-bond donors (Lipinski definition) is 1. The van der Waals surface area contributed by atoms with Gasteiger partial charge < -0.3 is 9.84 Å². The van der Waals surface area contributed by atoms with Gasteiger partial charge in [-0.25, -0.2) is 0 Å². The van der Waals surface area contributed by atoms with Crippen LogP contribution < -0.4 is 5.32 Å². The summed E-state index contributed by atoms with van der Waals surface area (Å²) in [6.07, 6.45) is 8.17. The number of hydrogen-bond acceptors (Lipinski definition) is 5. The zero-order valence-corrected chi connectivity index (χ0v) is 13.5. The van der Waals surface area contributed by atoms with Gasteiger partial charge in [0.15, 0.2) is 5.82 Å². The van der Waals surface area contributed by atoms with Crippen molar-refractivity contribution in [3.63, 3.8) is 0 Å². The molecule has 2 heterocycles. The average molecular weight is 297 g/mol. The Hall–Kier alpha value is -0.550. The van der Waals surface area contributed by atoms with Gasteiger partial charge in [0.05, 0.1) is 5.25 Å². The Morgan fingerprint density at radius 1 is 1.35 bits per heavy atom. The number of aromatic nitrogens is 2. The molecule has 1 aliphatic heterocycles. The third kappa shape index (κ3) is 4.77. The first-order chi connectivity index (χ1) is 9.83. The highest BCUT2D eigenvalue weighted by Crippen LogP contribution is 2.36. The third-order valence-corrected chi connectivity index (χ3v) is 5.07. The quantitative estimate of drug-likeness (QED) is 0.792. The van der Waals surface area contributed by atoms with Crippen LogP contribution in [-0.2, 0) is 6.42 Å². The van der Waals surface area contributed by atoms with E-state index in [-0.39, 0.29) is 0 Å². The van der Waals surface area contributed by atoms with Gasteiger partial charge in [-0.3, -0.25) is 0 Å². The molecule has 0 radical (unpaired) electrons. The van der Waals surface area contributed by atoms with Crippen molar-refractivity contribution in [2.24, 2.45) is 0 Å². The number of nitrogens with zero attached hydrogens (tertiary/aromatic N) is 2. The van der Waals surface area contributed by atoms with Crippen LogP contribution in [0, 0.1) is 0 Å². The predicted molar refractivity (Wildman–Crippen MR) is 84.0 cm³/mol. The lowest BCUT2D eigenvalue weighted by Gasteiger charge is -2.17. The lowest BCUT2D eigenvalue weighted by atomic mass is 10.1. The van der Waals surface area contributed by atoms with E-state index < -0.39 is 0 Å². The molecule has 2 atom stereocenters. The maximum Gasteiger partial charge on any atom is 0.228 e. The van der Waals surface area contributed by atoms with E-state index in [2.05, 4.69) is 29.3 Å². The van der Waals surface area contributed by atoms with Crippen LogP contribution in [0.4, 0.5) is 0 Å². The molecule has 4 nitrogen and oxygen atoms in total. The molecule has 1 aromatic heterocycles. The maximum absolute atomic E-state index is 5.46. The molecule has 2 rings (SSSR count). The summed E-state index contributed by atoms with van der Waals surface area (Å²) in [4.78, 5) is 4.63. The zero-order valence-electron chi connectivity index (χ0n) is 12.7. The minimum atomic E-state index is 0.453. The van der Waals surface area contributed by atoms with Crippen LogP contribution in [0.1, 0.15) is 69.3 Å². The van der Waals surface area contributed by atoms with E-state index in [1.165, 1.54) is 31.4 Å². The largest absolute Gasteiger partial charge is 0.339 e. The number of thioether (sulfide) groups is 1. The Labute approximate surface area is 126 Å². The fourth-order valence-electron chi connectivity index (χ4n) is 2.61. The summed E-state index contributed by atoms with van der Waals surface area (Å²) in [7, 11) is 0. The van der Waals surface area contributed by atoms with Gasteiger partial charge >= 0.3 is 0 Å². The fourth-order valence-corrected chi connectivity index (χ4v) is 3.84. The summed E-state index contributed by atoms with van der Waals surface area (Å²) in [5, 5.41) is 8.23. The minimum Gasteiger partial charge on any atom is -0.339 e. The van der Waals surface area contributed by atoms with Crippen LogP contribution in [0.15, 0.2) is 4.52 Å². The molecule has 1 saturated heterocycles. The molecular formula is C15H27N3OS. The van der Waals surface area contributed by atoms with E-state index >= 15 is 0 Å². The molecule has 0 spiro atoms. The molecule has 1 N–H and O–H groups in total. The number of nitrogens with one attached hydrogen (secondary N) is 1. The molecule has 0 aliphatic carbocycles. The summed E-state index contributed by atoms with van der Waals surface area (Å²) in [6.45, 7) is 5.48. The molecule has 0 bridgehead atoms. The standard InChI is InChI=1S/C15H27N3OS/c1-3-7-12(16-9-4-2)11-14-17-15(18-19-14)13-8-5-6-10-20-13/h12-13,16H,3-11H2,1-2H3. The molecule has 1 aromatic rings. The predicted octanol–water partition coefficient (Wildman–Crippen LogP) is 3.74. The van der Waals surface area contributed by atoms with Crippen molar-refractivity contribution in [2.45, 2.75) is 70.1 Å². The molecule has 0 aromatic carbocycles. The zero-order chi connectivity index (χ0) is 14.2. The first kappa shape index (κ1) is 15.8. The second-order valence-corrected chi connectivity index (χ2v) is 6.86. The molecule has 0 saturated carbocycles. The number of rotatable bonds is 8. The van der Waals surface area contributed by atoms with Crippen molar-refractivity contribution in [3.05, 3.63) is 11.7 Å². The van der Waals surface area contributed by atoms with Crippen molar-refractivity contribution in [1.29, 1.82) is 0 Å². The lowest BCUT2D eigenvalue weighted by molar-refractivity contribution is 0.346. The first-order valence-corrected chi connectivity index (χ1v) is 9.05. The monoisotopic (exact) mass is 297 g/mol. The third-order valence-electron chi connectivity index (χ3n) is 3.69. The summed E-state index contributed by atoms with van der Waals surface area (Å²) in [5.41, 5.74) is 0. The molecule has 2 unspecified atom stereocenters. The van der Waals surface area contributed by atoms with Gasteiger partial charge in [-0.05, 0) is 38.0 Å². The van der Waals surface area contributed by atoms with Gasteiger partial charge in [0.25, 0.3) is 0 Å². The molecule has 1 aliphatic rings. The van der Waals surface area contributed by atoms with Crippen LogP contribution in [0.25, 0.3) is 0 Å². The van der Waals surface area contributed by atoms with E-state index in [0.29, 0.717) is 11.3 Å². The van der Waals surface area contributed by atoms with Gasteiger partial charge in [-0.15, -0.1) is 0 Å². The van der Waals surface area contributed by atoms with Gasteiger partial charge in [-0.2, -0.15) is 16.7 Å². The fraction of sp³-hybridized carbons (Fsp3) is 0.867. The normalized spacial score (nSPS) is 21.0. The Bertz CT molecular complexity index is 377. The van der Waals surface area contributed by atoms with Gasteiger partial charge in [0.1, 0.15) is 0 Å². The summed E-state index contributed by atoms with van der Waals surface area (Å²) in [5.74, 6) is 2.94. The van der Waals surface area contributed by atoms with Crippen LogP contribution in [0.3, 0.4) is 0 Å². The first-order valence-electron chi connectivity index (χ1n) is 8.01. The smallest absolute Gasteiger partial charge is 0.228 e. The van der Waals surface area contributed by atoms with Crippen molar-refractivity contribution in [3.8, 4) is 0 Å². The SMILES string of the molecule is CCCNC(CCC)Cc1nc(C2CCCCS2)no1. The van der Waals surface area contributed by atoms with E-state index in [1.807, 2.05) is 11.8 Å². The van der Waals surface area contributed by atoms with Crippen LogP contribution >= 0.6 is 11.8 Å². The lowest BCUT2D eigenvalue weighted by Crippen LogP contribution is -2.31. The van der Waals surface area contributed by atoms with E-state index in [1.54, 1.807) is 0 Å². The van der Waals surface area contributed by atoms with Crippen molar-refractivity contribution in [2.75, 3.05) is 12.3 Å². The second kappa shape index (κ2) is 8.67. The molecule has 0 amide bonds. The highest BCUT2D eigenvalue weighted by molar-refractivity contribution is 7.99. The summed E-state index contributed by atoms with van der Waals surface area (Å²) < 4.78 is 5.46. The van der Waals surface area contributed by atoms with Crippen molar-refractivity contribution in [1.82, 2.24) is 15.5 Å². The van der Waals surface area contributed by atoms with Crippen molar-refractivity contribution >= 4 is 11.8 Å². The van der Waals surface area contributed by atoms with Crippen LogP contribution in [0.2, 0.25) is 0 Å². The Morgan fingerprint density at radius 3 is 2.95 bits per heavy atom. The van der Waals surface area contributed by atoms with Gasteiger partial charge in [0.2, 0.25) is 5.89 Å². The molecular weight excluding hydrogens is 270 g/mol. The summed E-state index contributed by atoms with van der Waals surface area (Å²) >= 11 is 1.97. The van der Waals surface area contributed by atoms with Gasteiger partial charge in [-0.1, -0.05) is 31.8 Å². The van der Waals surface area contributed by atoms with E-state index in [0.717, 1.165) is 37.5 Å².